The van der Waals surface area contributed by atoms with Crippen LogP contribution in [0.2, 0.25) is 0 Å². The molecule has 11 heavy (non-hydrogen) atoms. The Bertz CT molecular complexity index is 227. The molecule has 2 rings (SSSR count). The minimum atomic E-state index is 0.0347. The van der Waals surface area contributed by atoms with Crippen molar-refractivity contribution in [2.45, 2.75) is 32.3 Å². The van der Waals surface area contributed by atoms with Gasteiger partial charge in [0.25, 0.3) is 0 Å². The van der Waals surface area contributed by atoms with Crippen molar-refractivity contribution in [2.24, 2.45) is 0 Å². The molecule has 1 aromatic rings. The molecular weight excluding hydrogens is 140 g/mol. The van der Waals surface area contributed by atoms with Crippen molar-refractivity contribution in [3.05, 3.63) is 23.2 Å². The Morgan fingerprint density at radius 3 is 2.91 bits per heavy atom. The van der Waals surface area contributed by atoms with Crippen molar-refractivity contribution >= 4 is 0 Å². The standard InChI is InChI=1S/C9H12O2/c10-6-8-5-7-3-1-2-4-9(7)11-8/h5,10H,1-4,6H2. The molecular formula is C9H12O2. The number of furan rings is 1. The van der Waals surface area contributed by atoms with Gasteiger partial charge in [-0.3, -0.25) is 0 Å². The summed E-state index contributed by atoms with van der Waals surface area (Å²) in [6.07, 6.45) is 4.66. The smallest absolute Gasteiger partial charge is 0.129 e. The molecule has 1 aromatic heterocycles. The topological polar surface area (TPSA) is 33.4 Å². The van der Waals surface area contributed by atoms with Gasteiger partial charge in [-0.05, 0) is 30.9 Å². The number of aliphatic hydroxyl groups excluding tert-OH is 1. The highest BCUT2D eigenvalue weighted by molar-refractivity contribution is 5.23. The minimum absolute atomic E-state index is 0.0347. The maximum atomic E-state index is 8.79. The van der Waals surface area contributed by atoms with Gasteiger partial charge in [-0.1, -0.05) is 0 Å². The molecule has 0 atom stereocenters. The van der Waals surface area contributed by atoms with Gasteiger partial charge < -0.3 is 9.52 Å². The van der Waals surface area contributed by atoms with Crippen LogP contribution >= 0.6 is 0 Å². The van der Waals surface area contributed by atoms with Gasteiger partial charge in [0, 0.05) is 6.42 Å². The van der Waals surface area contributed by atoms with Crippen LogP contribution < -0.4 is 0 Å². The monoisotopic (exact) mass is 152 g/mol. The zero-order valence-corrected chi connectivity index (χ0v) is 6.47. The number of rotatable bonds is 1. The molecule has 0 saturated heterocycles. The van der Waals surface area contributed by atoms with Crippen LogP contribution in [0.1, 0.15) is 29.9 Å². The van der Waals surface area contributed by atoms with Gasteiger partial charge in [0.1, 0.15) is 18.1 Å². The average molecular weight is 152 g/mol. The second-order valence-electron chi connectivity index (χ2n) is 3.03. The van der Waals surface area contributed by atoms with Crippen LogP contribution in [0.4, 0.5) is 0 Å². The second-order valence-corrected chi connectivity index (χ2v) is 3.03. The average Bonchev–Trinajstić information content (AvgIpc) is 2.46. The van der Waals surface area contributed by atoms with E-state index in [1.165, 1.54) is 18.4 Å². The van der Waals surface area contributed by atoms with E-state index in [0.29, 0.717) is 0 Å². The Labute approximate surface area is 65.8 Å². The van der Waals surface area contributed by atoms with E-state index < -0.39 is 0 Å². The van der Waals surface area contributed by atoms with Crippen molar-refractivity contribution < 1.29 is 9.52 Å². The first kappa shape index (κ1) is 6.92. The number of fused-ring (bicyclic) bond motifs is 1. The first-order valence-electron chi connectivity index (χ1n) is 4.11. The number of hydrogen-bond donors (Lipinski definition) is 1. The van der Waals surface area contributed by atoms with Gasteiger partial charge in [-0.15, -0.1) is 0 Å². The molecule has 0 bridgehead atoms. The summed E-state index contributed by atoms with van der Waals surface area (Å²) in [7, 11) is 0. The molecule has 0 aliphatic heterocycles. The van der Waals surface area contributed by atoms with Crippen molar-refractivity contribution in [1.29, 1.82) is 0 Å². The summed E-state index contributed by atoms with van der Waals surface area (Å²) in [6.45, 7) is 0.0347. The molecule has 0 spiro atoms. The van der Waals surface area contributed by atoms with E-state index in [4.69, 9.17) is 9.52 Å². The zero-order chi connectivity index (χ0) is 7.68. The number of aliphatic hydroxyl groups is 1. The quantitative estimate of drug-likeness (QED) is 0.663. The Morgan fingerprint density at radius 1 is 1.36 bits per heavy atom. The molecule has 0 saturated carbocycles. The third-order valence-electron chi connectivity index (χ3n) is 2.20. The normalized spacial score (nSPS) is 16.5. The summed E-state index contributed by atoms with van der Waals surface area (Å²) in [5.74, 6) is 1.82. The Balaban J connectivity index is 2.32. The van der Waals surface area contributed by atoms with Crippen molar-refractivity contribution in [1.82, 2.24) is 0 Å². The fourth-order valence-corrected chi connectivity index (χ4v) is 1.63. The van der Waals surface area contributed by atoms with Gasteiger partial charge >= 0.3 is 0 Å². The Kier molecular flexibility index (Phi) is 1.70. The van der Waals surface area contributed by atoms with E-state index in [0.717, 1.165) is 24.4 Å². The van der Waals surface area contributed by atoms with Gasteiger partial charge in [0.15, 0.2) is 0 Å². The zero-order valence-electron chi connectivity index (χ0n) is 6.47. The largest absolute Gasteiger partial charge is 0.463 e. The first-order chi connectivity index (χ1) is 5.40. The van der Waals surface area contributed by atoms with Crippen LogP contribution in [0.3, 0.4) is 0 Å². The molecule has 0 aromatic carbocycles. The molecule has 0 unspecified atom stereocenters. The lowest BCUT2D eigenvalue weighted by Gasteiger charge is -2.07. The molecule has 1 heterocycles. The second kappa shape index (κ2) is 2.70. The van der Waals surface area contributed by atoms with Gasteiger partial charge in [-0.25, -0.2) is 0 Å². The fourth-order valence-electron chi connectivity index (χ4n) is 1.63. The third-order valence-corrected chi connectivity index (χ3v) is 2.20. The molecule has 1 N–H and O–H groups in total. The van der Waals surface area contributed by atoms with Gasteiger partial charge in [0.2, 0.25) is 0 Å². The van der Waals surface area contributed by atoms with Crippen LogP contribution in [0.25, 0.3) is 0 Å². The van der Waals surface area contributed by atoms with E-state index in [2.05, 4.69) is 0 Å². The maximum Gasteiger partial charge on any atom is 0.129 e. The molecule has 1 aliphatic rings. The van der Waals surface area contributed by atoms with Gasteiger partial charge in [0.05, 0.1) is 0 Å². The molecule has 60 valence electrons. The molecule has 2 heteroatoms. The highest BCUT2D eigenvalue weighted by Crippen LogP contribution is 2.24. The number of hydrogen-bond acceptors (Lipinski definition) is 2. The van der Waals surface area contributed by atoms with E-state index in [1.54, 1.807) is 0 Å². The molecule has 0 radical (unpaired) electrons. The maximum absolute atomic E-state index is 8.79. The third kappa shape index (κ3) is 1.18. The van der Waals surface area contributed by atoms with E-state index in [1.807, 2.05) is 6.07 Å². The summed E-state index contributed by atoms with van der Waals surface area (Å²) in [6, 6.07) is 1.98. The summed E-state index contributed by atoms with van der Waals surface area (Å²) in [4.78, 5) is 0. The first-order valence-corrected chi connectivity index (χ1v) is 4.11. The summed E-state index contributed by atoms with van der Waals surface area (Å²) in [5, 5.41) is 8.79. The fraction of sp³-hybridized carbons (Fsp3) is 0.556. The number of aryl methyl sites for hydroxylation is 2. The van der Waals surface area contributed by atoms with Crippen molar-refractivity contribution in [2.75, 3.05) is 0 Å². The van der Waals surface area contributed by atoms with E-state index in [-0.39, 0.29) is 6.61 Å². The molecule has 1 aliphatic carbocycles. The van der Waals surface area contributed by atoms with Crippen molar-refractivity contribution in [3.8, 4) is 0 Å². The SMILES string of the molecule is OCc1cc2c(o1)CCCC2. The summed E-state index contributed by atoms with van der Waals surface area (Å²) < 4.78 is 5.41. The Hall–Kier alpha value is -0.760. The van der Waals surface area contributed by atoms with Crippen LogP contribution in [-0.2, 0) is 19.4 Å². The highest BCUT2D eigenvalue weighted by atomic mass is 16.4. The highest BCUT2D eigenvalue weighted by Gasteiger charge is 2.13. The van der Waals surface area contributed by atoms with Crippen LogP contribution in [0.15, 0.2) is 10.5 Å². The lowest BCUT2D eigenvalue weighted by atomic mass is 9.99. The van der Waals surface area contributed by atoms with Crippen LogP contribution in [0, 0.1) is 0 Å². The molecule has 2 nitrogen and oxygen atoms in total. The Morgan fingerprint density at radius 2 is 2.18 bits per heavy atom. The summed E-state index contributed by atoms with van der Waals surface area (Å²) >= 11 is 0. The lowest BCUT2D eigenvalue weighted by molar-refractivity contribution is 0.243. The van der Waals surface area contributed by atoms with Gasteiger partial charge in [-0.2, -0.15) is 0 Å². The minimum Gasteiger partial charge on any atom is -0.463 e. The summed E-state index contributed by atoms with van der Waals surface area (Å²) in [5.41, 5.74) is 1.31. The predicted molar refractivity (Wildman–Crippen MR) is 41.3 cm³/mol. The molecule has 0 amide bonds. The van der Waals surface area contributed by atoms with E-state index >= 15 is 0 Å². The van der Waals surface area contributed by atoms with Crippen LogP contribution in [-0.4, -0.2) is 5.11 Å². The predicted octanol–water partition coefficient (Wildman–Crippen LogP) is 1.65. The van der Waals surface area contributed by atoms with Crippen molar-refractivity contribution in [3.63, 3.8) is 0 Å². The lowest BCUT2D eigenvalue weighted by Crippen LogP contribution is -1.97. The van der Waals surface area contributed by atoms with E-state index in [9.17, 15) is 0 Å². The molecule has 0 fully saturated rings. The van der Waals surface area contributed by atoms with Crippen LogP contribution in [0.5, 0.6) is 0 Å².